The standard InChI is InChI=1S/C26H35NO2/c1-18(2)9-7-10-19(3)11-8-12-20(4)13-15-23-21(5)27-25-17-22(29-6)14-16-24(25)26(23)28/h9,11,13-14,16-17H,7-8,10,12,15H2,1-6H3,(H,27,28)/b19-11+,20-13+. The van der Waals surface area contributed by atoms with E-state index in [1.807, 2.05) is 25.1 Å². The van der Waals surface area contributed by atoms with Crippen LogP contribution in [-0.4, -0.2) is 12.1 Å². The summed E-state index contributed by atoms with van der Waals surface area (Å²) in [6, 6.07) is 5.56. The fraction of sp³-hybridized carbons (Fsp3) is 0.423. The molecule has 3 heteroatoms. The Labute approximate surface area is 175 Å². The first-order valence-corrected chi connectivity index (χ1v) is 10.5. The third-order valence-corrected chi connectivity index (χ3v) is 5.30. The number of aromatic nitrogens is 1. The van der Waals surface area contributed by atoms with Crippen LogP contribution in [0.2, 0.25) is 0 Å². The van der Waals surface area contributed by atoms with Crippen molar-refractivity contribution in [2.45, 2.75) is 66.7 Å². The van der Waals surface area contributed by atoms with E-state index in [4.69, 9.17) is 4.74 Å². The minimum absolute atomic E-state index is 0.109. The SMILES string of the molecule is COc1ccc2c(=O)c(C/C=C(\C)CC/C=C(\C)CCC=C(C)C)c(C)[nH]c2c1. The Morgan fingerprint density at radius 1 is 1.00 bits per heavy atom. The maximum atomic E-state index is 12.9. The van der Waals surface area contributed by atoms with Gasteiger partial charge in [-0.1, -0.05) is 34.9 Å². The van der Waals surface area contributed by atoms with Gasteiger partial charge in [0, 0.05) is 22.7 Å². The molecule has 29 heavy (non-hydrogen) atoms. The van der Waals surface area contributed by atoms with Gasteiger partial charge in [0.2, 0.25) is 0 Å². The summed E-state index contributed by atoms with van der Waals surface area (Å²) in [7, 11) is 1.63. The van der Waals surface area contributed by atoms with E-state index in [2.05, 4.69) is 50.9 Å². The Morgan fingerprint density at radius 2 is 1.66 bits per heavy atom. The monoisotopic (exact) mass is 393 g/mol. The van der Waals surface area contributed by atoms with Crippen molar-refractivity contribution >= 4 is 10.9 Å². The molecule has 0 amide bonds. The molecule has 0 saturated heterocycles. The predicted octanol–water partition coefficient (Wildman–Crippen LogP) is 6.81. The second-order valence-electron chi connectivity index (χ2n) is 8.13. The minimum Gasteiger partial charge on any atom is -0.497 e. The molecule has 0 bridgehead atoms. The van der Waals surface area contributed by atoms with Gasteiger partial charge in [-0.15, -0.1) is 0 Å². The molecule has 0 aliphatic carbocycles. The number of allylic oxidation sites excluding steroid dienone is 6. The van der Waals surface area contributed by atoms with E-state index in [1.165, 1.54) is 16.7 Å². The lowest BCUT2D eigenvalue weighted by Crippen LogP contribution is -2.13. The zero-order chi connectivity index (χ0) is 21.4. The van der Waals surface area contributed by atoms with Crippen molar-refractivity contribution in [1.29, 1.82) is 0 Å². The molecule has 156 valence electrons. The van der Waals surface area contributed by atoms with Gasteiger partial charge in [-0.05, 0) is 78.9 Å². The molecule has 1 aromatic carbocycles. The summed E-state index contributed by atoms with van der Waals surface area (Å²) < 4.78 is 5.26. The topological polar surface area (TPSA) is 42.1 Å². The Bertz CT molecular complexity index is 986. The Balaban J connectivity index is 2.02. The molecule has 0 spiro atoms. The zero-order valence-electron chi connectivity index (χ0n) is 18.8. The summed E-state index contributed by atoms with van der Waals surface area (Å²) in [5, 5.41) is 0.715. The van der Waals surface area contributed by atoms with E-state index >= 15 is 0 Å². The Kier molecular flexibility index (Phi) is 8.50. The molecule has 1 N–H and O–H groups in total. The number of hydrogen-bond donors (Lipinski definition) is 1. The van der Waals surface area contributed by atoms with Crippen molar-refractivity contribution in [3.8, 4) is 5.75 Å². The second kappa shape index (κ2) is 10.8. The molecule has 0 fully saturated rings. The molecule has 3 nitrogen and oxygen atoms in total. The molecule has 0 aliphatic rings. The summed E-state index contributed by atoms with van der Waals surface area (Å²) in [4.78, 5) is 16.3. The highest BCUT2D eigenvalue weighted by atomic mass is 16.5. The van der Waals surface area contributed by atoms with Crippen LogP contribution in [0.25, 0.3) is 10.9 Å². The quantitative estimate of drug-likeness (QED) is 0.476. The number of nitrogens with one attached hydrogen (secondary N) is 1. The zero-order valence-corrected chi connectivity index (χ0v) is 18.8. The van der Waals surface area contributed by atoms with E-state index in [9.17, 15) is 4.79 Å². The van der Waals surface area contributed by atoms with Crippen LogP contribution in [0.3, 0.4) is 0 Å². The van der Waals surface area contributed by atoms with Crippen molar-refractivity contribution in [3.63, 3.8) is 0 Å². The average molecular weight is 394 g/mol. The van der Waals surface area contributed by atoms with Gasteiger partial charge in [0.1, 0.15) is 5.75 Å². The number of ether oxygens (including phenoxy) is 1. The second-order valence-corrected chi connectivity index (χ2v) is 8.13. The van der Waals surface area contributed by atoms with E-state index < -0.39 is 0 Å². The highest BCUT2D eigenvalue weighted by Crippen LogP contribution is 2.19. The van der Waals surface area contributed by atoms with Crippen molar-refractivity contribution < 1.29 is 4.74 Å². The molecule has 0 unspecified atom stereocenters. The van der Waals surface area contributed by atoms with Gasteiger partial charge in [-0.25, -0.2) is 0 Å². The largest absolute Gasteiger partial charge is 0.497 e. The maximum absolute atomic E-state index is 12.9. The molecule has 2 rings (SSSR count). The number of benzene rings is 1. The van der Waals surface area contributed by atoms with Crippen LogP contribution in [0.4, 0.5) is 0 Å². The fourth-order valence-electron chi connectivity index (χ4n) is 3.42. The summed E-state index contributed by atoms with van der Waals surface area (Å²) >= 11 is 0. The molecule has 1 heterocycles. The van der Waals surface area contributed by atoms with Crippen molar-refractivity contribution in [3.05, 3.63) is 74.6 Å². The van der Waals surface area contributed by atoms with Crippen LogP contribution in [0.15, 0.2) is 57.9 Å². The number of H-pyrrole nitrogens is 1. The molecular formula is C26H35NO2. The molecule has 0 aliphatic heterocycles. The van der Waals surface area contributed by atoms with Crippen LogP contribution in [0, 0.1) is 6.92 Å². The first-order valence-electron chi connectivity index (χ1n) is 10.5. The Hall–Kier alpha value is -2.55. The lowest BCUT2D eigenvalue weighted by atomic mass is 10.0. The number of aryl methyl sites for hydroxylation is 1. The van der Waals surface area contributed by atoms with Crippen LogP contribution >= 0.6 is 0 Å². The molecule has 0 saturated carbocycles. The van der Waals surface area contributed by atoms with Crippen LogP contribution in [0.5, 0.6) is 5.75 Å². The van der Waals surface area contributed by atoms with E-state index in [0.29, 0.717) is 11.8 Å². The summed E-state index contributed by atoms with van der Waals surface area (Å²) in [6.45, 7) is 10.6. The summed E-state index contributed by atoms with van der Waals surface area (Å²) in [5.74, 6) is 0.750. The maximum Gasteiger partial charge on any atom is 0.193 e. The van der Waals surface area contributed by atoms with Gasteiger partial charge >= 0.3 is 0 Å². The lowest BCUT2D eigenvalue weighted by molar-refractivity contribution is 0.415. The highest BCUT2D eigenvalue weighted by Gasteiger charge is 2.09. The number of rotatable bonds is 9. The number of pyridine rings is 1. The molecular weight excluding hydrogens is 358 g/mol. The van der Waals surface area contributed by atoms with Gasteiger partial charge in [0.05, 0.1) is 12.6 Å². The van der Waals surface area contributed by atoms with Gasteiger partial charge in [-0.3, -0.25) is 4.79 Å². The van der Waals surface area contributed by atoms with Crippen LogP contribution in [-0.2, 0) is 6.42 Å². The number of hydrogen-bond acceptors (Lipinski definition) is 2. The highest BCUT2D eigenvalue weighted by molar-refractivity contribution is 5.81. The fourth-order valence-corrected chi connectivity index (χ4v) is 3.42. The van der Waals surface area contributed by atoms with E-state index in [-0.39, 0.29) is 5.43 Å². The number of aromatic amines is 1. The van der Waals surface area contributed by atoms with Gasteiger partial charge in [0.25, 0.3) is 0 Å². The first kappa shape index (κ1) is 22.7. The van der Waals surface area contributed by atoms with Crippen LogP contribution < -0.4 is 10.2 Å². The predicted molar refractivity (Wildman–Crippen MR) is 125 cm³/mol. The summed E-state index contributed by atoms with van der Waals surface area (Å²) in [5.41, 5.74) is 6.86. The van der Waals surface area contributed by atoms with E-state index in [0.717, 1.165) is 48.2 Å². The molecule has 0 radical (unpaired) electrons. The first-order chi connectivity index (χ1) is 13.8. The number of methoxy groups -OCH3 is 1. The number of fused-ring (bicyclic) bond motifs is 1. The smallest absolute Gasteiger partial charge is 0.193 e. The van der Waals surface area contributed by atoms with E-state index in [1.54, 1.807) is 7.11 Å². The van der Waals surface area contributed by atoms with Gasteiger partial charge < -0.3 is 9.72 Å². The third kappa shape index (κ3) is 6.77. The minimum atomic E-state index is 0.109. The molecule has 1 aromatic heterocycles. The van der Waals surface area contributed by atoms with Crippen molar-refractivity contribution in [2.24, 2.45) is 0 Å². The Morgan fingerprint density at radius 3 is 2.31 bits per heavy atom. The average Bonchev–Trinajstić information content (AvgIpc) is 2.67. The van der Waals surface area contributed by atoms with Gasteiger partial charge in [-0.2, -0.15) is 0 Å². The normalized spacial score (nSPS) is 12.3. The third-order valence-electron chi connectivity index (χ3n) is 5.30. The van der Waals surface area contributed by atoms with Crippen LogP contribution in [0.1, 0.15) is 64.6 Å². The van der Waals surface area contributed by atoms with Crippen molar-refractivity contribution in [2.75, 3.05) is 7.11 Å². The molecule has 2 aromatic rings. The van der Waals surface area contributed by atoms with Crippen molar-refractivity contribution in [1.82, 2.24) is 4.98 Å². The van der Waals surface area contributed by atoms with Gasteiger partial charge in [0.15, 0.2) is 5.43 Å². The molecule has 0 atom stereocenters. The summed E-state index contributed by atoms with van der Waals surface area (Å²) in [6.07, 6.45) is 11.8. The lowest BCUT2D eigenvalue weighted by Gasteiger charge is -2.08.